The largest absolute Gasteiger partial charge is 0.198 e. The summed E-state index contributed by atoms with van der Waals surface area (Å²) in [6, 6.07) is 2.38. The van der Waals surface area contributed by atoms with E-state index in [1.165, 1.54) is 0 Å². The van der Waals surface area contributed by atoms with Gasteiger partial charge >= 0.3 is 0 Å². The van der Waals surface area contributed by atoms with Gasteiger partial charge in [0, 0.05) is 0 Å². The van der Waals surface area contributed by atoms with Crippen LogP contribution in [0.1, 0.15) is 48.0 Å². The van der Waals surface area contributed by atoms with Crippen LogP contribution in [-0.4, -0.2) is 0 Å². The molecule has 0 unspecified atom stereocenters. The summed E-state index contributed by atoms with van der Waals surface area (Å²) >= 11 is 0. The van der Waals surface area contributed by atoms with Crippen LogP contribution >= 0.6 is 0 Å². The van der Waals surface area contributed by atoms with Gasteiger partial charge in [-0.2, -0.15) is 5.26 Å². The first-order chi connectivity index (χ1) is 4.18. The molecule has 0 spiro atoms. The van der Waals surface area contributed by atoms with Gasteiger partial charge in [0.1, 0.15) is 0 Å². The molecule has 0 atom stereocenters. The van der Waals surface area contributed by atoms with Crippen molar-refractivity contribution in [2.45, 2.75) is 48.0 Å². The second-order valence-corrected chi connectivity index (χ2v) is 3.49. The molecule has 0 aromatic rings. The molecule has 1 aliphatic rings. The van der Waals surface area contributed by atoms with Crippen molar-refractivity contribution in [2.24, 2.45) is 11.3 Å². The van der Waals surface area contributed by atoms with Crippen LogP contribution in [0.25, 0.3) is 0 Å². The average molecular weight is 155 g/mol. The van der Waals surface area contributed by atoms with Gasteiger partial charge in [0.25, 0.3) is 0 Å². The summed E-state index contributed by atoms with van der Waals surface area (Å²) in [5, 5.41) is 8.66. The zero-order valence-electron chi connectivity index (χ0n) is 6.15. The van der Waals surface area contributed by atoms with Crippen LogP contribution in [-0.2, 0) is 0 Å². The molecule has 1 nitrogen and oxygen atoms in total. The van der Waals surface area contributed by atoms with Crippen molar-refractivity contribution in [1.29, 1.82) is 5.26 Å². The molecule has 0 heterocycles. The van der Waals surface area contributed by atoms with E-state index >= 15 is 0 Å². The van der Waals surface area contributed by atoms with Gasteiger partial charge in [0.2, 0.25) is 0 Å². The van der Waals surface area contributed by atoms with Gasteiger partial charge in [-0.05, 0) is 25.2 Å². The molecule has 0 N–H and O–H groups in total. The van der Waals surface area contributed by atoms with E-state index in [1.54, 1.807) is 0 Å². The minimum absolute atomic E-state index is 0. The van der Waals surface area contributed by atoms with Crippen molar-refractivity contribution >= 4 is 0 Å². The highest BCUT2D eigenvalue weighted by molar-refractivity contribution is 5.09. The first kappa shape index (κ1) is 13.1. The lowest BCUT2D eigenvalue weighted by molar-refractivity contribution is 0.471. The Morgan fingerprint density at radius 3 is 1.91 bits per heavy atom. The summed E-state index contributed by atoms with van der Waals surface area (Å²) in [5.41, 5.74) is 0.119. The molecule has 1 rings (SSSR count). The number of hydrogen-bond acceptors (Lipinski definition) is 1. The topological polar surface area (TPSA) is 23.8 Å². The first-order valence-electron chi connectivity index (χ1n) is 3.60. The fraction of sp³-hybridized carbons (Fsp3) is 0.900. The summed E-state index contributed by atoms with van der Waals surface area (Å²) in [6.45, 7) is 4.36. The fourth-order valence-corrected chi connectivity index (χ4v) is 1.29. The van der Waals surface area contributed by atoms with Gasteiger partial charge < -0.3 is 0 Å². The highest BCUT2D eigenvalue weighted by Gasteiger charge is 2.42. The van der Waals surface area contributed by atoms with Crippen LogP contribution < -0.4 is 0 Å². The van der Waals surface area contributed by atoms with E-state index in [2.05, 4.69) is 19.9 Å². The van der Waals surface area contributed by atoms with Gasteiger partial charge in [-0.1, -0.05) is 28.7 Å². The van der Waals surface area contributed by atoms with Crippen molar-refractivity contribution in [1.82, 2.24) is 0 Å². The van der Waals surface area contributed by atoms with E-state index in [-0.39, 0.29) is 20.3 Å². The zero-order valence-corrected chi connectivity index (χ0v) is 6.15. The van der Waals surface area contributed by atoms with Crippen LogP contribution in [0, 0.1) is 22.7 Å². The van der Waals surface area contributed by atoms with Gasteiger partial charge in [-0.25, -0.2) is 0 Å². The SMILES string of the molecule is C.C.CC(C)CC1(C#N)CC1. The van der Waals surface area contributed by atoms with Gasteiger partial charge in [-0.15, -0.1) is 0 Å². The Bertz CT molecular complexity index is 137. The molecule has 1 saturated carbocycles. The Morgan fingerprint density at radius 2 is 1.82 bits per heavy atom. The molecule has 66 valence electrons. The second kappa shape index (κ2) is 4.38. The molecule has 1 aliphatic carbocycles. The molecule has 0 amide bonds. The maximum atomic E-state index is 8.66. The summed E-state index contributed by atoms with van der Waals surface area (Å²) in [4.78, 5) is 0. The first-order valence-corrected chi connectivity index (χ1v) is 3.60. The van der Waals surface area contributed by atoms with Gasteiger partial charge in [0.05, 0.1) is 11.5 Å². The van der Waals surface area contributed by atoms with Gasteiger partial charge in [0.15, 0.2) is 0 Å². The van der Waals surface area contributed by atoms with E-state index in [0.717, 1.165) is 19.3 Å². The Morgan fingerprint density at radius 1 is 1.36 bits per heavy atom. The molecule has 0 saturated heterocycles. The quantitative estimate of drug-likeness (QED) is 0.597. The molecular weight excluding hydrogens is 134 g/mol. The minimum Gasteiger partial charge on any atom is -0.198 e. The fourth-order valence-electron chi connectivity index (χ4n) is 1.29. The molecule has 0 aromatic heterocycles. The molecule has 0 aliphatic heterocycles. The predicted octanol–water partition coefficient (Wildman–Crippen LogP) is 3.61. The van der Waals surface area contributed by atoms with Crippen LogP contribution in [0.15, 0.2) is 0 Å². The maximum absolute atomic E-state index is 8.66. The second-order valence-electron chi connectivity index (χ2n) is 3.49. The molecule has 1 fully saturated rings. The molecule has 1 heteroatoms. The van der Waals surface area contributed by atoms with Gasteiger partial charge in [-0.3, -0.25) is 0 Å². The van der Waals surface area contributed by atoms with E-state index in [1.807, 2.05) is 0 Å². The number of nitrogens with zero attached hydrogens (tertiary/aromatic N) is 1. The minimum atomic E-state index is 0. The summed E-state index contributed by atoms with van der Waals surface area (Å²) in [7, 11) is 0. The van der Waals surface area contributed by atoms with Crippen LogP contribution in [0.4, 0.5) is 0 Å². The number of rotatable bonds is 2. The van der Waals surface area contributed by atoms with Crippen LogP contribution in [0.2, 0.25) is 0 Å². The Kier molecular flexibility index (Phi) is 5.22. The molecule has 0 bridgehead atoms. The lowest BCUT2D eigenvalue weighted by Crippen LogP contribution is -2.00. The van der Waals surface area contributed by atoms with E-state index in [9.17, 15) is 0 Å². The van der Waals surface area contributed by atoms with Crippen molar-refractivity contribution in [3.05, 3.63) is 0 Å². The van der Waals surface area contributed by atoms with E-state index in [0.29, 0.717) is 5.92 Å². The third-order valence-corrected chi connectivity index (χ3v) is 1.89. The third-order valence-electron chi connectivity index (χ3n) is 1.89. The van der Waals surface area contributed by atoms with Crippen molar-refractivity contribution < 1.29 is 0 Å². The van der Waals surface area contributed by atoms with Crippen molar-refractivity contribution in [2.75, 3.05) is 0 Å². The smallest absolute Gasteiger partial charge is 0.0689 e. The average Bonchev–Trinajstić information content (AvgIpc) is 2.48. The Hall–Kier alpha value is -0.510. The Labute approximate surface area is 71.4 Å². The standard InChI is InChI=1S/C8H13N.2CH4/c1-7(2)5-8(6-9)3-4-8;;/h7H,3-5H2,1-2H3;2*1H4. The lowest BCUT2D eigenvalue weighted by Gasteiger charge is -2.06. The zero-order chi connectivity index (χ0) is 6.91. The number of nitriles is 1. The highest BCUT2D eigenvalue weighted by Crippen LogP contribution is 2.49. The molecular formula is C10H21N. The Balaban J connectivity index is 0. The van der Waals surface area contributed by atoms with Crippen molar-refractivity contribution in [3.8, 4) is 6.07 Å². The monoisotopic (exact) mass is 155 g/mol. The normalized spacial score (nSPS) is 17.6. The van der Waals surface area contributed by atoms with E-state index in [4.69, 9.17) is 5.26 Å². The number of hydrogen-bond donors (Lipinski definition) is 0. The van der Waals surface area contributed by atoms with Crippen LogP contribution in [0.3, 0.4) is 0 Å². The molecule has 0 radical (unpaired) electrons. The lowest BCUT2D eigenvalue weighted by atomic mass is 9.96. The predicted molar refractivity (Wildman–Crippen MR) is 50.2 cm³/mol. The van der Waals surface area contributed by atoms with E-state index < -0.39 is 0 Å². The third kappa shape index (κ3) is 3.41. The highest BCUT2D eigenvalue weighted by atomic mass is 14.5. The van der Waals surface area contributed by atoms with Crippen LogP contribution in [0.5, 0.6) is 0 Å². The summed E-state index contributed by atoms with van der Waals surface area (Å²) in [5.74, 6) is 0.687. The maximum Gasteiger partial charge on any atom is 0.0689 e. The van der Waals surface area contributed by atoms with Crippen molar-refractivity contribution in [3.63, 3.8) is 0 Å². The molecule has 11 heavy (non-hydrogen) atoms. The molecule has 0 aromatic carbocycles. The summed E-state index contributed by atoms with van der Waals surface area (Å²) in [6.07, 6.45) is 3.38. The summed E-state index contributed by atoms with van der Waals surface area (Å²) < 4.78 is 0.